The third kappa shape index (κ3) is 2.39. The fraction of sp³-hybridized carbons (Fsp3) is 0.267. The molecule has 0 spiro atoms. The Morgan fingerprint density at radius 1 is 1.18 bits per heavy atom. The van der Waals surface area contributed by atoms with Crippen molar-refractivity contribution in [1.29, 1.82) is 0 Å². The van der Waals surface area contributed by atoms with Crippen LogP contribution in [0.5, 0.6) is 0 Å². The first kappa shape index (κ1) is 11.5. The van der Waals surface area contributed by atoms with Gasteiger partial charge < -0.3 is 4.57 Å². The van der Waals surface area contributed by atoms with Gasteiger partial charge in [0.1, 0.15) is 0 Å². The van der Waals surface area contributed by atoms with E-state index in [0.29, 0.717) is 0 Å². The molecule has 0 N–H and O–H groups in total. The second kappa shape index (κ2) is 4.88. The lowest BCUT2D eigenvalue weighted by Gasteiger charge is -2.07. The van der Waals surface area contributed by atoms with Gasteiger partial charge in [0.05, 0.1) is 5.69 Å². The number of aromatic nitrogens is 2. The Labute approximate surface area is 102 Å². The van der Waals surface area contributed by atoms with Crippen LogP contribution in [-0.4, -0.2) is 9.55 Å². The van der Waals surface area contributed by atoms with Crippen LogP contribution in [0.3, 0.4) is 0 Å². The lowest BCUT2D eigenvalue weighted by atomic mass is 10.2. The number of aryl methyl sites for hydroxylation is 1. The first-order valence-electron chi connectivity index (χ1n) is 5.72. The fourth-order valence-electron chi connectivity index (χ4n) is 1.82. The minimum Gasteiger partial charge on any atom is -0.317 e. The van der Waals surface area contributed by atoms with E-state index in [4.69, 9.17) is 0 Å². The monoisotopic (exact) mass is 224 g/mol. The van der Waals surface area contributed by atoms with Crippen molar-refractivity contribution in [2.24, 2.45) is 0 Å². The maximum atomic E-state index is 4.49. The average Bonchev–Trinajstić information content (AvgIpc) is 2.59. The molecule has 0 amide bonds. The molecule has 0 saturated carbocycles. The first-order valence-corrected chi connectivity index (χ1v) is 5.72. The summed E-state index contributed by atoms with van der Waals surface area (Å²) in [4.78, 5) is 4.49. The Kier molecular flexibility index (Phi) is 3.30. The Bertz CT molecular complexity index is 568. The van der Waals surface area contributed by atoms with E-state index in [2.05, 4.69) is 52.6 Å². The zero-order valence-corrected chi connectivity index (χ0v) is 10.5. The summed E-state index contributed by atoms with van der Waals surface area (Å²) in [6.07, 6.45) is 0. The Hall–Kier alpha value is -2.01. The molecular formula is C15H16N2. The maximum absolute atomic E-state index is 4.49. The lowest BCUT2D eigenvalue weighted by Crippen LogP contribution is -2.04. The normalized spacial score (nSPS) is 9.82. The number of rotatable bonds is 2. The standard InChI is InChI=1S/C15H16N2/c1-4-8-15-16-12(2)13(3)17(15)11-14-9-6-5-7-10-14/h5-7,9-10H,11H2,1-3H3. The second-order valence-electron chi connectivity index (χ2n) is 4.05. The van der Waals surface area contributed by atoms with Crippen molar-refractivity contribution in [3.8, 4) is 11.8 Å². The molecule has 2 heteroatoms. The zero-order chi connectivity index (χ0) is 12.3. The molecule has 2 rings (SSSR count). The summed E-state index contributed by atoms with van der Waals surface area (Å²) < 4.78 is 2.17. The van der Waals surface area contributed by atoms with Gasteiger partial charge in [-0.3, -0.25) is 0 Å². The minimum absolute atomic E-state index is 0.831. The molecule has 2 aromatic rings. The molecule has 0 fully saturated rings. The highest BCUT2D eigenvalue weighted by Crippen LogP contribution is 2.12. The van der Waals surface area contributed by atoms with Crippen molar-refractivity contribution in [2.75, 3.05) is 0 Å². The molecule has 0 atom stereocenters. The van der Waals surface area contributed by atoms with Gasteiger partial charge in [0.2, 0.25) is 0 Å². The van der Waals surface area contributed by atoms with E-state index in [1.165, 1.54) is 11.3 Å². The molecule has 1 aromatic heterocycles. The van der Waals surface area contributed by atoms with Crippen molar-refractivity contribution >= 4 is 0 Å². The van der Waals surface area contributed by atoms with E-state index in [1.807, 2.05) is 19.9 Å². The average molecular weight is 224 g/mol. The van der Waals surface area contributed by atoms with Crippen LogP contribution in [0.4, 0.5) is 0 Å². The second-order valence-corrected chi connectivity index (χ2v) is 4.05. The highest BCUT2D eigenvalue weighted by Gasteiger charge is 2.09. The maximum Gasteiger partial charge on any atom is 0.186 e. The van der Waals surface area contributed by atoms with Gasteiger partial charge in [-0.2, -0.15) is 0 Å². The minimum atomic E-state index is 0.831. The van der Waals surface area contributed by atoms with Crippen LogP contribution in [-0.2, 0) is 6.54 Å². The number of hydrogen-bond donors (Lipinski definition) is 0. The van der Waals surface area contributed by atoms with E-state index in [-0.39, 0.29) is 0 Å². The van der Waals surface area contributed by atoms with E-state index in [1.54, 1.807) is 0 Å². The zero-order valence-electron chi connectivity index (χ0n) is 10.5. The Morgan fingerprint density at radius 3 is 2.53 bits per heavy atom. The van der Waals surface area contributed by atoms with E-state index in [0.717, 1.165) is 18.1 Å². The van der Waals surface area contributed by atoms with Crippen LogP contribution in [0.1, 0.15) is 29.7 Å². The van der Waals surface area contributed by atoms with Crippen LogP contribution in [0.15, 0.2) is 30.3 Å². The van der Waals surface area contributed by atoms with E-state index < -0.39 is 0 Å². The fourth-order valence-corrected chi connectivity index (χ4v) is 1.82. The van der Waals surface area contributed by atoms with Crippen LogP contribution in [0.25, 0.3) is 0 Å². The van der Waals surface area contributed by atoms with Crippen LogP contribution in [0.2, 0.25) is 0 Å². The van der Waals surface area contributed by atoms with Crippen molar-refractivity contribution in [3.63, 3.8) is 0 Å². The number of nitrogens with zero attached hydrogens (tertiary/aromatic N) is 2. The molecule has 0 aliphatic rings. The molecule has 0 radical (unpaired) electrons. The third-order valence-electron chi connectivity index (χ3n) is 2.88. The number of imidazole rings is 1. The van der Waals surface area contributed by atoms with Crippen molar-refractivity contribution in [1.82, 2.24) is 9.55 Å². The molecular weight excluding hydrogens is 208 g/mol. The summed E-state index contributed by atoms with van der Waals surface area (Å²) in [6, 6.07) is 10.4. The van der Waals surface area contributed by atoms with Gasteiger partial charge in [0.25, 0.3) is 0 Å². The highest BCUT2D eigenvalue weighted by atomic mass is 15.1. The largest absolute Gasteiger partial charge is 0.317 e. The number of benzene rings is 1. The van der Waals surface area contributed by atoms with Crippen LogP contribution in [0, 0.1) is 25.7 Å². The number of hydrogen-bond acceptors (Lipinski definition) is 1. The smallest absolute Gasteiger partial charge is 0.186 e. The molecule has 0 saturated heterocycles. The summed E-state index contributed by atoms with van der Waals surface area (Å²) in [5, 5.41) is 0. The molecule has 17 heavy (non-hydrogen) atoms. The lowest BCUT2D eigenvalue weighted by molar-refractivity contribution is 0.757. The predicted molar refractivity (Wildman–Crippen MR) is 69.8 cm³/mol. The molecule has 0 bridgehead atoms. The van der Waals surface area contributed by atoms with Gasteiger partial charge in [-0.05, 0) is 32.3 Å². The summed E-state index contributed by atoms with van der Waals surface area (Å²) >= 11 is 0. The summed E-state index contributed by atoms with van der Waals surface area (Å²) in [5.74, 6) is 6.83. The molecule has 0 unspecified atom stereocenters. The molecule has 1 aromatic carbocycles. The highest BCUT2D eigenvalue weighted by molar-refractivity contribution is 5.29. The summed E-state index contributed by atoms with van der Waals surface area (Å²) in [7, 11) is 0. The van der Waals surface area contributed by atoms with Gasteiger partial charge in [-0.25, -0.2) is 4.98 Å². The van der Waals surface area contributed by atoms with Crippen LogP contribution >= 0.6 is 0 Å². The predicted octanol–water partition coefficient (Wildman–Crippen LogP) is 2.92. The third-order valence-corrected chi connectivity index (χ3v) is 2.88. The van der Waals surface area contributed by atoms with Crippen molar-refractivity contribution < 1.29 is 0 Å². The van der Waals surface area contributed by atoms with E-state index in [9.17, 15) is 0 Å². The van der Waals surface area contributed by atoms with Gasteiger partial charge in [0, 0.05) is 12.2 Å². The molecule has 1 heterocycles. The SMILES string of the molecule is CC#Cc1nc(C)c(C)n1Cc1ccccc1. The quantitative estimate of drug-likeness (QED) is 0.717. The first-order chi connectivity index (χ1) is 8.22. The summed E-state index contributed by atoms with van der Waals surface area (Å²) in [6.45, 7) is 6.79. The van der Waals surface area contributed by atoms with Gasteiger partial charge in [-0.15, -0.1) is 0 Å². The Morgan fingerprint density at radius 2 is 1.88 bits per heavy atom. The van der Waals surface area contributed by atoms with Crippen molar-refractivity contribution in [3.05, 3.63) is 53.1 Å². The molecule has 0 aliphatic carbocycles. The molecule has 86 valence electrons. The topological polar surface area (TPSA) is 17.8 Å². The van der Waals surface area contributed by atoms with Gasteiger partial charge in [-0.1, -0.05) is 36.3 Å². The molecule has 2 nitrogen and oxygen atoms in total. The summed E-state index contributed by atoms with van der Waals surface area (Å²) in [5.41, 5.74) is 3.51. The van der Waals surface area contributed by atoms with Crippen molar-refractivity contribution in [2.45, 2.75) is 27.3 Å². The van der Waals surface area contributed by atoms with E-state index >= 15 is 0 Å². The molecule has 0 aliphatic heterocycles. The van der Waals surface area contributed by atoms with Gasteiger partial charge in [0.15, 0.2) is 5.82 Å². The van der Waals surface area contributed by atoms with Gasteiger partial charge >= 0.3 is 0 Å². The van der Waals surface area contributed by atoms with Crippen LogP contribution < -0.4 is 0 Å². The Balaban J connectivity index is 2.40.